The van der Waals surface area contributed by atoms with E-state index in [4.69, 9.17) is 4.74 Å². The van der Waals surface area contributed by atoms with E-state index >= 15 is 0 Å². The van der Waals surface area contributed by atoms with Crippen LogP contribution in [-0.2, 0) is 4.74 Å². The number of ether oxygens (including phenoxy) is 1. The van der Waals surface area contributed by atoms with E-state index in [2.05, 4.69) is 10.3 Å². The number of benzene rings is 1. The number of amides is 2. The normalized spacial score (nSPS) is 24.0. The molecule has 1 fully saturated rings. The monoisotopic (exact) mass is 385 g/mol. The number of hydrogen-bond donors (Lipinski definition) is 3. The van der Waals surface area contributed by atoms with Gasteiger partial charge in [-0.2, -0.15) is 0 Å². The Morgan fingerprint density at radius 1 is 1.25 bits per heavy atom. The molecule has 3 rings (SSSR count). The topological polar surface area (TPSA) is 112 Å². The van der Waals surface area contributed by atoms with Crippen molar-refractivity contribution in [3.63, 3.8) is 0 Å². The van der Waals surface area contributed by atoms with E-state index in [-0.39, 0.29) is 31.3 Å². The second-order valence-corrected chi connectivity index (χ2v) is 7.10. The van der Waals surface area contributed by atoms with Crippen molar-refractivity contribution in [2.24, 2.45) is 5.41 Å². The second-order valence-electron chi connectivity index (χ2n) is 7.10. The Hall–Kier alpha value is -2.81. The summed E-state index contributed by atoms with van der Waals surface area (Å²) in [6, 6.07) is 13.4. The lowest BCUT2D eigenvalue weighted by Gasteiger charge is -2.31. The zero-order valence-corrected chi connectivity index (χ0v) is 15.5. The molecule has 148 valence electrons. The van der Waals surface area contributed by atoms with Gasteiger partial charge in [0.25, 0.3) is 11.8 Å². The Balaban J connectivity index is 1.56. The van der Waals surface area contributed by atoms with Crippen molar-refractivity contribution in [1.82, 2.24) is 15.4 Å². The number of hydroxylamine groups is 2. The Morgan fingerprint density at radius 3 is 2.64 bits per heavy atom. The van der Waals surface area contributed by atoms with Gasteiger partial charge in [-0.1, -0.05) is 31.2 Å². The molecule has 0 spiro atoms. The van der Waals surface area contributed by atoms with Crippen LogP contribution in [0.3, 0.4) is 0 Å². The van der Waals surface area contributed by atoms with Crippen LogP contribution in [0.5, 0.6) is 0 Å². The molecule has 3 N–H and O–H groups in total. The van der Waals surface area contributed by atoms with Crippen LogP contribution in [-0.4, -0.2) is 64.1 Å². The molecule has 8 nitrogen and oxygen atoms in total. The van der Waals surface area contributed by atoms with Gasteiger partial charge in [-0.25, -0.2) is 5.06 Å². The predicted molar refractivity (Wildman–Crippen MR) is 99.7 cm³/mol. The van der Waals surface area contributed by atoms with Gasteiger partial charge < -0.3 is 15.2 Å². The van der Waals surface area contributed by atoms with Gasteiger partial charge >= 0.3 is 0 Å². The number of carbonyl (C=O) groups is 2. The highest BCUT2D eigenvalue weighted by molar-refractivity contribution is 5.93. The Labute approximate surface area is 162 Å². The number of carbonyl (C=O) groups excluding carboxylic acids is 2. The molecule has 2 amide bonds. The number of aliphatic hydroxyl groups is 1. The standard InChI is InChI=1S/C20H23N3O5/c1-20(12-23(27)19(26)14-7-3-2-4-8-14)13-28-16(17(20)24)11-22-18(25)15-9-5-6-10-21-15/h2-10,16-17,24,27H,11-13H2,1H3,(H,22,25)/t16-,17-,20-/m1/s1. The van der Waals surface area contributed by atoms with Gasteiger partial charge in [-0.3, -0.25) is 19.8 Å². The van der Waals surface area contributed by atoms with Crippen LogP contribution in [0, 0.1) is 5.41 Å². The molecular formula is C20H23N3O5. The van der Waals surface area contributed by atoms with Crippen molar-refractivity contribution in [3.8, 4) is 0 Å². The lowest BCUT2D eigenvalue weighted by Crippen LogP contribution is -2.47. The Kier molecular flexibility index (Phi) is 6.03. The van der Waals surface area contributed by atoms with Gasteiger partial charge in [-0.15, -0.1) is 0 Å². The summed E-state index contributed by atoms with van der Waals surface area (Å²) in [6.45, 7) is 1.84. The molecule has 3 atom stereocenters. The molecule has 1 aliphatic rings. The number of aliphatic hydroxyl groups excluding tert-OH is 1. The molecule has 1 aliphatic heterocycles. The van der Waals surface area contributed by atoms with Crippen LogP contribution < -0.4 is 5.32 Å². The van der Waals surface area contributed by atoms with Crippen molar-refractivity contribution in [1.29, 1.82) is 0 Å². The highest BCUT2D eigenvalue weighted by atomic mass is 16.5. The van der Waals surface area contributed by atoms with E-state index < -0.39 is 23.5 Å². The van der Waals surface area contributed by atoms with Crippen LogP contribution in [0.2, 0.25) is 0 Å². The first-order chi connectivity index (χ1) is 13.4. The quantitative estimate of drug-likeness (QED) is 0.507. The van der Waals surface area contributed by atoms with Gasteiger partial charge in [0.1, 0.15) is 11.8 Å². The molecule has 0 radical (unpaired) electrons. The fourth-order valence-corrected chi connectivity index (χ4v) is 3.16. The minimum Gasteiger partial charge on any atom is -0.390 e. The first kappa shape index (κ1) is 19.9. The largest absolute Gasteiger partial charge is 0.390 e. The number of rotatable bonds is 6. The minimum atomic E-state index is -0.977. The maximum Gasteiger partial charge on any atom is 0.277 e. The van der Waals surface area contributed by atoms with Crippen LogP contribution in [0.25, 0.3) is 0 Å². The minimum absolute atomic E-state index is 0.0875. The third-order valence-electron chi connectivity index (χ3n) is 4.82. The first-order valence-corrected chi connectivity index (χ1v) is 8.95. The fourth-order valence-electron chi connectivity index (χ4n) is 3.16. The van der Waals surface area contributed by atoms with E-state index in [0.717, 1.165) is 0 Å². The zero-order valence-electron chi connectivity index (χ0n) is 15.5. The highest BCUT2D eigenvalue weighted by Crippen LogP contribution is 2.33. The molecule has 28 heavy (non-hydrogen) atoms. The van der Waals surface area contributed by atoms with Gasteiger partial charge in [0.05, 0.1) is 19.3 Å². The fraction of sp³-hybridized carbons (Fsp3) is 0.350. The molecule has 8 heteroatoms. The third kappa shape index (κ3) is 4.36. The number of pyridine rings is 1. The van der Waals surface area contributed by atoms with Gasteiger partial charge in [0.2, 0.25) is 0 Å². The van der Waals surface area contributed by atoms with E-state index in [1.54, 1.807) is 55.5 Å². The average Bonchev–Trinajstić information content (AvgIpc) is 3.00. The summed E-state index contributed by atoms with van der Waals surface area (Å²) in [5, 5.41) is 24.1. The maximum atomic E-state index is 12.3. The Morgan fingerprint density at radius 2 is 1.96 bits per heavy atom. The summed E-state index contributed by atoms with van der Waals surface area (Å²) in [5.41, 5.74) is -0.256. The van der Waals surface area contributed by atoms with E-state index in [1.807, 2.05) is 0 Å². The third-order valence-corrected chi connectivity index (χ3v) is 4.82. The molecule has 0 unspecified atom stereocenters. The predicted octanol–water partition coefficient (Wildman–Crippen LogP) is 1.11. The first-order valence-electron chi connectivity index (χ1n) is 8.95. The van der Waals surface area contributed by atoms with Crippen LogP contribution in [0.4, 0.5) is 0 Å². The lowest BCUT2D eigenvalue weighted by atomic mass is 9.84. The number of aromatic nitrogens is 1. The average molecular weight is 385 g/mol. The summed E-state index contributed by atoms with van der Waals surface area (Å²) < 4.78 is 5.62. The van der Waals surface area contributed by atoms with Crippen molar-refractivity contribution >= 4 is 11.8 Å². The lowest BCUT2D eigenvalue weighted by molar-refractivity contribution is -0.0940. The summed E-state index contributed by atoms with van der Waals surface area (Å²) in [7, 11) is 0. The molecule has 0 bridgehead atoms. The van der Waals surface area contributed by atoms with Crippen molar-refractivity contribution in [2.45, 2.75) is 19.1 Å². The summed E-state index contributed by atoms with van der Waals surface area (Å²) in [5.74, 6) is -0.922. The highest BCUT2D eigenvalue weighted by Gasteiger charge is 2.47. The SMILES string of the molecule is C[C@@]1(CN(O)C(=O)c2ccccc2)CO[C@H](CNC(=O)c2ccccn2)[C@H]1O. The second kappa shape index (κ2) is 8.47. The number of nitrogens with zero attached hydrogens (tertiary/aromatic N) is 2. The molecule has 1 aromatic heterocycles. The Bertz CT molecular complexity index is 817. The van der Waals surface area contributed by atoms with Crippen molar-refractivity contribution < 1.29 is 24.6 Å². The van der Waals surface area contributed by atoms with Crippen LogP contribution in [0.1, 0.15) is 27.8 Å². The van der Waals surface area contributed by atoms with Crippen LogP contribution in [0.15, 0.2) is 54.7 Å². The number of nitrogens with one attached hydrogen (secondary N) is 1. The molecule has 2 heterocycles. The number of hydrogen-bond acceptors (Lipinski definition) is 6. The molecule has 1 saturated heterocycles. The van der Waals surface area contributed by atoms with Crippen LogP contribution >= 0.6 is 0 Å². The molecule has 0 saturated carbocycles. The van der Waals surface area contributed by atoms with Gasteiger partial charge in [-0.05, 0) is 24.3 Å². The van der Waals surface area contributed by atoms with E-state index in [0.29, 0.717) is 10.6 Å². The maximum absolute atomic E-state index is 12.3. The summed E-state index contributed by atoms with van der Waals surface area (Å²) in [6.07, 6.45) is -0.111. The molecule has 2 aromatic rings. The van der Waals surface area contributed by atoms with E-state index in [9.17, 15) is 19.9 Å². The van der Waals surface area contributed by atoms with Gasteiger partial charge in [0, 0.05) is 23.7 Å². The van der Waals surface area contributed by atoms with Crippen molar-refractivity contribution in [2.75, 3.05) is 19.7 Å². The summed E-state index contributed by atoms with van der Waals surface area (Å²) >= 11 is 0. The summed E-state index contributed by atoms with van der Waals surface area (Å²) in [4.78, 5) is 28.4. The van der Waals surface area contributed by atoms with Gasteiger partial charge in [0.15, 0.2) is 0 Å². The molecule has 1 aromatic carbocycles. The molecular weight excluding hydrogens is 362 g/mol. The smallest absolute Gasteiger partial charge is 0.277 e. The van der Waals surface area contributed by atoms with E-state index in [1.165, 1.54) is 6.20 Å². The van der Waals surface area contributed by atoms with Crippen molar-refractivity contribution in [3.05, 3.63) is 66.0 Å². The zero-order chi connectivity index (χ0) is 20.1. The molecule has 0 aliphatic carbocycles.